The lowest BCUT2D eigenvalue weighted by atomic mass is 9.75. The summed E-state index contributed by atoms with van der Waals surface area (Å²) in [4.78, 5) is 8.74. The van der Waals surface area contributed by atoms with Crippen LogP contribution in [0.3, 0.4) is 0 Å². The average Bonchev–Trinajstić information content (AvgIpc) is 2.28. The molecule has 0 spiro atoms. The summed E-state index contributed by atoms with van der Waals surface area (Å²) in [6.07, 6.45) is 8.64. The standard InChI is InChI=1S/C14H24N4/c1-4-16-12-9-15-10-13(18-12)17-11-6-5-7-14(2,3)8-11/h9-11H,4-8H2,1-3H3,(H2,16,17,18). The molecule has 1 atom stereocenters. The van der Waals surface area contributed by atoms with E-state index in [1.807, 2.05) is 6.20 Å². The van der Waals surface area contributed by atoms with Crippen LogP contribution in [0.15, 0.2) is 12.4 Å². The number of rotatable bonds is 4. The maximum Gasteiger partial charge on any atom is 0.147 e. The molecule has 1 heterocycles. The van der Waals surface area contributed by atoms with Crippen LogP contribution in [0, 0.1) is 5.41 Å². The van der Waals surface area contributed by atoms with E-state index in [9.17, 15) is 0 Å². The Morgan fingerprint density at radius 1 is 1.33 bits per heavy atom. The van der Waals surface area contributed by atoms with E-state index >= 15 is 0 Å². The van der Waals surface area contributed by atoms with Gasteiger partial charge in [0.05, 0.1) is 12.4 Å². The second kappa shape index (κ2) is 5.55. The maximum absolute atomic E-state index is 4.52. The van der Waals surface area contributed by atoms with Crippen LogP contribution in [0.2, 0.25) is 0 Å². The Hall–Kier alpha value is -1.32. The fourth-order valence-electron chi connectivity index (χ4n) is 2.73. The van der Waals surface area contributed by atoms with E-state index < -0.39 is 0 Å². The third-order valence-electron chi connectivity index (χ3n) is 3.55. The van der Waals surface area contributed by atoms with Crippen molar-refractivity contribution in [3.63, 3.8) is 0 Å². The Bertz CT molecular complexity index is 389. The SMILES string of the molecule is CCNc1cncc(NC2CCCC(C)(C)C2)n1. The van der Waals surface area contributed by atoms with E-state index in [-0.39, 0.29) is 0 Å². The minimum Gasteiger partial charge on any atom is -0.369 e. The number of aromatic nitrogens is 2. The van der Waals surface area contributed by atoms with Crippen LogP contribution in [-0.4, -0.2) is 22.6 Å². The van der Waals surface area contributed by atoms with Gasteiger partial charge in [0.1, 0.15) is 11.6 Å². The molecule has 0 saturated heterocycles. The molecule has 4 nitrogen and oxygen atoms in total. The summed E-state index contributed by atoms with van der Waals surface area (Å²) in [6.45, 7) is 7.63. The Labute approximate surface area is 110 Å². The fourth-order valence-corrected chi connectivity index (χ4v) is 2.73. The molecule has 4 heteroatoms. The van der Waals surface area contributed by atoms with Gasteiger partial charge < -0.3 is 10.6 Å². The number of hydrogen-bond donors (Lipinski definition) is 2. The first kappa shape index (κ1) is 13.1. The van der Waals surface area contributed by atoms with Gasteiger partial charge in [0.15, 0.2) is 0 Å². The van der Waals surface area contributed by atoms with Crippen molar-refractivity contribution in [2.45, 2.75) is 52.5 Å². The lowest BCUT2D eigenvalue weighted by Crippen LogP contribution is -2.32. The van der Waals surface area contributed by atoms with Gasteiger partial charge in [0.25, 0.3) is 0 Å². The highest BCUT2D eigenvalue weighted by Gasteiger charge is 2.27. The van der Waals surface area contributed by atoms with Crippen molar-refractivity contribution in [3.05, 3.63) is 12.4 Å². The molecule has 100 valence electrons. The first-order chi connectivity index (χ1) is 8.59. The summed E-state index contributed by atoms with van der Waals surface area (Å²) in [5.41, 5.74) is 0.447. The molecule has 1 unspecified atom stereocenters. The third-order valence-corrected chi connectivity index (χ3v) is 3.55. The topological polar surface area (TPSA) is 49.8 Å². The Morgan fingerprint density at radius 3 is 2.83 bits per heavy atom. The normalized spacial score (nSPS) is 22.5. The largest absolute Gasteiger partial charge is 0.369 e. The minimum absolute atomic E-state index is 0.447. The monoisotopic (exact) mass is 248 g/mol. The summed E-state index contributed by atoms with van der Waals surface area (Å²) in [7, 11) is 0. The predicted octanol–water partition coefficient (Wildman–Crippen LogP) is 3.29. The van der Waals surface area contributed by atoms with Gasteiger partial charge in [-0.1, -0.05) is 20.3 Å². The highest BCUT2D eigenvalue weighted by Crippen LogP contribution is 2.36. The number of anilines is 2. The molecule has 1 aromatic heterocycles. The molecular weight excluding hydrogens is 224 g/mol. The van der Waals surface area contributed by atoms with Gasteiger partial charge >= 0.3 is 0 Å². The van der Waals surface area contributed by atoms with Gasteiger partial charge in [-0.25, -0.2) is 4.98 Å². The molecule has 0 radical (unpaired) electrons. The number of nitrogens with one attached hydrogen (secondary N) is 2. The lowest BCUT2D eigenvalue weighted by molar-refractivity contribution is 0.229. The van der Waals surface area contributed by atoms with Gasteiger partial charge in [-0.2, -0.15) is 0 Å². The molecule has 0 bridgehead atoms. The molecule has 1 aromatic rings. The van der Waals surface area contributed by atoms with Crippen LogP contribution in [0.25, 0.3) is 0 Å². The second-order valence-electron chi connectivity index (χ2n) is 5.92. The molecule has 2 N–H and O–H groups in total. The zero-order valence-corrected chi connectivity index (χ0v) is 11.7. The Kier molecular flexibility index (Phi) is 4.04. The quantitative estimate of drug-likeness (QED) is 0.858. The van der Waals surface area contributed by atoms with E-state index in [1.54, 1.807) is 6.20 Å². The van der Waals surface area contributed by atoms with Crippen LogP contribution in [0.1, 0.15) is 46.5 Å². The Balaban J connectivity index is 1.98. The minimum atomic E-state index is 0.447. The van der Waals surface area contributed by atoms with Crippen molar-refractivity contribution in [2.24, 2.45) is 5.41 Å². The molecule has 0 amide bonds. The van der Waals surface area contributed by atoms with Crippen LogP contribution in [0.4, 0.5) is 11.6 Å². The van der Waals surface area contributed by atoms with Crippen molar-refractivity contribution in [2.75, 3.05) is 17.2 Å². The van der Waals surface area contributed by atoms with Gasteiger partial charge in [0.2, 0.25) is 0 Å². The van der Waals surface area contributed by atoms with E-state index in [0.29, 0.717) is 11.5 Å². The predicted molar refractivity (Wildman–Crippen MR) is 75.9 cm³/mol. The van der Waals surface area contributed by atoms with E-state index in [2.05, 4.69) is 41.4 Å². The van der Waals surface area contributed by atoms with Crippen molar-refractivity contribution >= 4 is 11.6 Å². The lowest BCUT2D eigenvalue weighted by Gasteiger charge is -2.35. The summed E-state index contributed by atoms with van der Waals surface area (Å²) in [5.74, 6) is 1.73. The highest BCUT2D eigenvalue weighted by atomic mass is 15.1. The zero-order chi connectivity index (χ0) is 13.0. The smallest absolute Gasteiger partial charge is 0.147 e. The molecule has 1 fully saturated rings. The van der Waals surface area contributed by atoms with Gasteiger partial charge in [-0.15, -0.1) is 0 Å². The molecular formula is C14H24N4. The first-order valence-electron chi connectivity index (χ1n) is 6.91. The molecule has 1 saturated carbocycles. The molecule has 1 aliphatic carbocycles. The summed E-state index contributed by atoms with van der Waals surface area (Å²) in [5, 5.41) is 6.71. The average molecular weight is 248 g/mol. The van der Waals surface area contributed by atoms with Gasteiger partial charge in [-0.05, 0) is 31.6 Å². The summed E-state index contributed by atoms with van der Waals surface area (Å²) in [6, 6.07) is 0.528. The van der Waals surface area contributed by atoms with Crippen LogP contribution < -0.4 is 10.6 Å². The molecule has 2 rings (SSSR count). The highest BCUT2D eigenvalue weighted by molar-refractivity contribution is 5.42. The van der Waals surface area contributed by atoms with Crippen molar-refractivity contribution in [1.82, 2.24) is 9.97 Å². The molecule has 18 heavy (non-hydrogen) atoms. The van der Waals surface area contributed by atoms with E-state index in [0.717, 1.165) is 18.2 Å². The van der Waals surface area contributed by atoms with Crippen molar-refractivity contribution in [3.8, 4) is 0 Å². The van der Waals surface area contributed by atoms with Crippen LogP contribution in [-0.2, 0) is 0 Å². The van der Waals surface area contributed by atoms with E-state index in [1.165, 1.54) is 25.7 Å². The van der Waals surface area contributed by atoms with Gasteiger partial charge in [0, 0.05) is 12.6 Å². The fraction of sp³-hybridized carbons (Fsp3) is 0.714. The molecule has 1 aliphatic rings. The second-order valence-corrected chi connectivity index (χ2v) is 5.92. The molecule has 0 aromatic carbocycles. The van der Waals surface area contributed by atoms with E-state index in [4.69, 9.17) is 0 Å². The number of nitrogens with zero attached hydrogens (tertiary/aromatic N) is 2. The molecule has 0 aliphatic heterocycles. The summed E-state index contributed by atoms with van der Waals surface area (Å²) < 4.78 is 0. The van der Waals surface area contributed by atoms with Crippen molar-refractivity contribution < 1.29 is 0 Å². The first-order valence-corrected chi connectivity index (χ1v) is 6.91. The maximum atomic E-state index is 4.52. The summed E-state index contributed by atoms with van der Waals surface area (Å²) >= 11 is 0. The van der Waals surface area contributed by atoms with Gasteiger partial charge in [-0.3, -0.25) is 4.98 Å². The third kappa shape index (κ3) is 3.59. The van der Waals surface area contributed by atoms with Crippen LogP contribution in [0.5, 0.6) is 0 Å². The number of hydrogen-bond acceptors (Lipinski definition) is 4. The Morgan fingerprint density at radius 2 is 2.11 bits per heavy atom. The zero-order valence-electron chi connectivity index (χ0n) is 11.7. The van der Waals surface area contributed by atoms with Crippen LogP contribution >= 0.6 is 0 Å². The van der Waals surface area contributed by atoms with Crippen molar-refractivity contribution in [1.29, 1.82) is 0 Å².